The van der Waals surface area contributed by atoms with Gasteiger partial charge in [0.25, 0.3) is 5.56 Å². The number of anilines is 1. The lowest BCUT2D eigenvalue weighted by Crippen LogP contribution is -2.34. The summed E-state index contributed by atoms with van der Waals surface area (Å²) in [6.07, 6.45) is 8.52. The highest BCUT2D eigenvalue weighted by atomic mass is 32.1. The first kappa shape index (κ1) is 20.4. The summed E-state index contributed by atoms with van der Waals surface area (Å²) in [5, 5.41) is 1.03. The number of rotatable bonds is 6. The van der Waals surface area contributed by atoms with E-state index in [-0.39, 0.29) is 11.7 Å². The van der Waals surface area contributed by atoms with E-state index in [1.807, 2.05) is 18.3 Å². The van der Waals surface area contributed by atoms with Gasteiger partial charge in [0.2, 0.25) is 0 Å². The maximum absolute atomic E-state index is 12.2. The predicted octanol–water partition coefficient (Wildman–Crippen LogP) is 2.42. The molecule has 5 heterocycles. The van der Waals surface area contributed by atoms with E-state index < -0.39 is 5.69 Å². The second kappa shape index (κ2) is 8.94. The molecule has 9 heteroatoms. The molecule has 0 aromatic carbocycles. The number of ether oxygens (including phenoxy) is 1. The zero-order valence-electron chi connectivity index (χ0n) is 17.4. The van der Waals surface area contributed by atoms with Crippen LogP contribution in [0.2, 0.25) is 0 Å². The highest BCUT2D eigenvalue weighted by Crippen LogP contribution is 2.37. The van der Waals surface area contributed by atoms with Gasteiger partial charge in [-0.15, -0.1) is 11.3 Å². The number of fused-ring (bicyclic) bond motifs is 1. The summed E-state index contributed by atoms with van der Waals surface area (Å²) < 4.78 is 6.20. The number of thiophene rings is 1. The number of nitrogens with one attached hydrogen (secondary N) is 2. The fourth-order valence-corrected chi connectivity index (χ4v) is 5.58. The van der Waals surface area contributed by atoms with Gasteiger partial charge in [-0.3, -0.25) is 9.78 Å². The van der Waals surface area contributed by atoms with Gasteiger partial charge in [-0.25, -0.2) is 9.78 Å². The fraction of sp³-hybridized carbons (Fsp3) is 0.500. The van der Waals surface area contributed by atoms with Gasteiger partial charge in [-0.05, 0) is 44.5 Å². The second-order valence-electron chi connectivity index (χ2n) is 8.27. The molecule has 0 radical (unpaired) electrons. The van der Waals surface area contributed by atoms with Crippen LogP contribution in [-0.4, -0.2) is 65.3 Å². The number of aromatic amines is 2. The van der Waals surface area contributed by atoms with Gasteiger partial charge in [-0.2, -0.15) is 0 Å². The number of likely N-dealkylation sites (tertiary alicyclic amines) is 1. The maximum Gasteiger partial charge on any atom is 0.325 e. The van der Waals surface area contributed by atoms with E-state index in [1.54, 1.807) is 0 Å². The predicted molar refractivity (Wildman–Crippen MR) is 123 cm³/mol. The molecule has 8 nitrogen and oxygen atoms in total. The first-order valence-corrected chi connectivity index (χ1v) is 11.8. The van der Waals surface area contributed by atoms with E-state index in [0.29, 0.717) is 5.56 Å². The minimum atomic E-state index is -0.503. The van der Waals surface area contributed by atoms with Crippen LogP contribution in [0.1, 0.15) is 25.7 Å². The third kappa shape index (κ3) is 4.44. The molecule has 31 heavy (non-hydrogen) atoms. The van der Waals surface area contributed by atoms with Crippen LogP contribution in [0.3, 0.4) is 0 Å². The lowest BCUT2D eigenvalue weighted by molar-refractivity contribution is 0.0467. The van der Waals surface area contributed by atoms with Crippen molar-refractivity contribution >= 4 is 27.2 Å². The van der Waals surface area contributed by atoms with Crippen LogP contribution in [0.15, 0.2) is 34.1 Å². The van der Waals surface area contributed by atoms with Gasteiger partial charge in [0.15, 0.2) is 0 Å². The normalized spacial score (nSPS) is 20.0. The first-order chi connectivity index (χ1) is 15.2. The maximum atomic E-state index is 12.2. The summed E-state index contributed by atoms with van der Waals surface area (Å²) in [4.78, 5) is 39.4. The Bertz CT molecular complexity index is 1160. The Hall–Kier alpha value is -2.49. The number of aromatic nitrogens is 3. The highest BCUT2D eigenvalue weighted by molar-refractivity contribution is 7.21. The Morgan fingerprint density at radius 2 is 2.06 bits per heavy atom. The third-order valence-corrected chi connectivity index (χ3v) is 7.27. The minimum absolute atomic E-state index is 0.244. The van der Waals surface area contributed by atoms with Crippen molar-refractivity contribution in [3.8, 4) is 10.4 Å². The zero-order valence-corrected chi connectivity index (χ0v) is 18.2. The number of piperidine rings is 1. The molecule has 2 saturated heterocycles. The number of pyridine rings is 1. The molecule has 3 aromatic rings. The quantitative estimate of drug-likeness (QED) is 0.610. The molecule has 2 fully saturated rings. The number of nitrogens with zero attached hydrogens (tertiary/aromatic N) is 3. The number of hydrogen-bond donors (Lipinski definition) is 2. The highest BCUT2D eigenvalue weighted by Gasteiger charge is 2.25. The topological polar surface area (TPSA) is 94.3 Å². The molecular weight excluding hydrogens is 414 g/mol. The molecule has 0 spiro atoms. The Morgan fingerprint density at radius 1 is 1.19 bits per heavy atom. The summed E-state index contributed by atoms with van der Waals surface area (Å²) in [6, 6.07) is 4.03. The van der Waals surface area contributed by atoms with Crippen LogP contribution in [0.4, 0.5) is 5.69 Å². The molecule has 3 aromatic heterocycles. The number of H-pyrrole nitrogens is 2. The van der Waals surface area contributed by atoms with Crippen molar-refractivity contribution in [1.82, 2.24) is 19.9 Å². The van der Waals surface area contributed by atoms with Gasteiger partial charge in [0.05, 0.1) is 18.3 Å². The first-order valence-electron chi connectivity index (χ1n) is 11.0. The molecule has 0 bridgehead atoms. The van der Waals surface area contributed by atoms with Crippen LogP contribution in [0, 0.1) is 0 Å². The van der Waals surface area contributed by atoms with Crippen molar-refractivity contribution in [3.05, 3.63) is 45.4 Å². The van der Waals surface area contributed by atoms with E-state index in [4.69, 9.17) is 4.74 Å². The number of hydrogen-bond acceptors (Lipinski definition) is 7. The lowest BCUT2D eigenvalue weighted by atomic mass is 10.1. The molecule has 2 aliphatic heterocycles. The SMILES string of the molecule is O=c1[nH]cc(-c2cc3c(N4CCC(OCCN5CCCCC5)C4)ccnc3s2)c(=O)[nH]1. The van der Waals surface area contributed by atoms with Crippen LogP contribution >= 0.6 is 11.3 Å². The van der Waals surface area contributed by atoms with E-state index >= 15 is 0 Å². The average molecular weight is 442 g/mol. The summed E-state index contributed by atoms with van der Waals surface area (Å²) in [7, 11) is 0. The average Bonchev–Trinajstić information content (AvgIpc) is 3.41. The Morgan fingerprint density at radius 3 is 2.90 bits per heavy atom. The molecule has 0 saturated carbocycles. The minimum Gasteiger partial charge on any atom is -0.375 e. The van der Waals surface area contributed by atoms with Gasteiger partial charge in [-0.1, -0.05) is 6.42 Å². The van der Waals surface area contributed by atoms with E-state index in [1.165, 1.54) is 49.9 Å². The Balaban J connectivity index is 1.28. The van der Waals surface area contributed by atoms with Crippen LogP contribution in [0.5, 0.6) is 0 Å². The van der Waals surface area contributed by atoms with Crippen LogP contribution < -0.4 is 16.1 Å². The fourth-order valence-electron chi connectivity index (χ4n) is 4.54. The van der Waals surface area contributed by atoms with Crippen LogP contribution in [0.25, 0.3) is 20.7 Å². The molecule has 2 N–H and O–H groups in total. The summed E-state index contributed by atoms with van der Waals surface area (Å²) in [6.45, 7) is 6.03. The molecule has 5 rings (SSSR count). The van der Waals surface area contributed by atoms with E-state index in [9.17, 15) is 9.59 Å². The van der Waals surface area contributed by atoms with Gasteiger partial charge >= 0.3 is 5.69 Å². The second-order valence-corrected chi connectivity index (χ2v) is 9.31. The van der Waals surface area contributed by atoms with Crippen molar-refractivity contribution in [2.24, 2.45) is 0 Å². The van der Waals surface area contributed by atoms with Crippen molar-refractivity contribution in [2.75, 3.05) is 44.2 Å². The van der Waals surface area contributed by atoms with Crippen molar-refractivity contribution in [1.29, 1.82) is 0 Å². The summed E-state index contributed by atoms with van der Waals surface area (Å²) in [5.41, 5.74) is 0.682. The largest absolute Gasteiger partial charge is 0.375 e. The summed E-state index contributed by atoms with van der Waals surface area (Å²) >= 11 is 1.46. The standard InChI is InChI=1S/C22H27N5O3S/c28-20-17(13-24-22(29)25-20)19-12-16-18(4-6-23-21(16)31-19)27-9-5-15(14-27)30-11-10-26-7-2-1-3-8-26/h4,6,12-13,15H,1-3,5,7-11,14H2,(H2,24,25,28,29). The Labute approximate surface area is 183 Å². The zero-order chi connectivity index (χ0) is 21.2. The monoisotopic (exact) mass is 441 g/mol. The van der Waals surface area contributed by atoms with Gasteiger partial charge in [0.1, 0.15) is 4.83 Å². The third-order valence-electron chi connectivity index (χ3n) is 6.19. The van der Waals surface area contributed by atoms with Crippen molar-refractivity contribution in [2.45, 2.75) is 31.8 Å². The molecule has 1 atom stereocenters. The van der Waals surface area contributed by atoms with Gasteiger partial charge in [0, 0.05) is 48.0 Å². The molecule has 2 aliphatic rings. The Kier molecular flexibility index (Phi) is 5.89. The molecular formula is C22H27N5O3S. The molecule has 1 unspecified atom stereocenters. The lowest BCUT2D eigenvalue weighted by Gasteiger charge is -2.26. The van der Waals surface area contributed by atoms with Crippen LogP contribution in [-0.2, 0) is 4.74 Å². The summed E-state index contributed by atoms with van der Waals surface area (Å²) in [5.74, 6) is 0. The van der Waals surface area contributed by atoms with Crippen molar-refractivity contribution < 1.29 is 4.74 Å². The van der Waals surface area contributed by atoms with E-state index in [2.05, 4.69) is 24.8 Å². The molecule has 164 valence electrons. The van der Waals surface area contributed by atoms with Gasteiger partial charge < -0.3 is 19.5 Å². The van der Waals surface area contributed by atoms with Crippen molar-refractivity contribution in [3.63, 3.8) is 0 Å². The smallest absolute Gasteiger partial charge is 0.325 e. The van der Waals surface area contributed by atoms with E-state index in [0.717, 1.165) is 53.4 Å². The molecule has 0 amide bonds. The molecule has 0 aliphatic carbocycles.